The zero-order chi connectivity index (χ0) is 4.28. The summed E-state index contributed by atoms with van der Waals surface area (Å²) in [6.07, 6.45) is 0. The Morgan fingerprint density at radius 2 is 2.20 bits per heavy atom. The Morgan fingerprint density at radius 1 is 2.00 bits per heavy atom. The minimum Gasteiger partial charge on any atom is -0.289 e. The summed E-state index contributed by atoms with van der Waals surface area (Å²) in [6.45, 7) is 0. The van der Waals surface area contributed by atoms with Crippen LogP contribution in [0.25, 0.3) is 0 Å². The van der Waals surface area contributed by atoms with Gasteiger partial charge in [-0.15, -0.1) is 0 Å². The second kappa shape index (κ2) is 2.40. The number of hydrogen-bond donors (Lipinski definition) is 1. The Morgan fingerprint density at radius 3 is 2.20 bits per heavy atom. The largest absolute Gasteiger partial charge is 0.399 e. The third-order valence-electron chi connectivity index (χ3n) is 0.0718. The molecule has 0 fully saturated rings. The molecule has 0 saturated carbocycles. The van der Waals surface area contributed by atoms with E-state index in [9.17, 15) is 4.79 Å². The molecule has 0 aliphatic carbocycles. The summed E-state index contributed by atoms with van der Waals surface area (Å²) in [7, 11) is 0. The van der Waals surface area contributed by atoms with Gasteiger partial charge in [0.05, 0.1) is 22.6 Å². The zero-order valence-electron chi connectivity index (χ0n) is 2.14. The van der Waals surface area contributed by atoms with Crippen LogP contribution in [0.3, 0.4) is 0 Å². The maximum atomic E-state index is 9.33. The Kier molecular flexibility index (Phi) is 2.48. The lowest BCUT2D eigenvalue weighted by Crippen LogP contribution is -1.80. The van der Waals surface area contributed by atoms with Gasteiger partial charge in [-0.05, 0) is 0 Å². The molecule has 0 atom stereocenters. The number of hydrogen-bond acceptors (Lipinski definition) is 3. The van der Waals surface area contributed by atoms with Gasteiger partial charge in [0.25, 0.3) is 0 Å². The summed E-state index contributed by atoms with van der Waals surface area (Å²) in [5.74, 6) is 0. The Hall–Kier alpha value is 0.160. The molecule has 0 saturated heterocycles. The van der Waals surface area contributed by atoms with Crippen LogP contribution in [-0.2, 0) is 4.89 Å². The molecule has 0 aliphatic heterocycles. The summed E-state index contributed by atoms with van der Waals surface area (Å²) < 4.78 is -0.720. The predicted molar refractivity (Wildman–Crippen MR) is 23.1 cm³/mol. The van der Waals surface area contributed by atoms with Crippen LogP contribution in [0.2, 0.25) is 0 Å². The average molecular weight is 188 g/mol. The quantitative estimate of drug-likeness (QED) is 0.267. The maximum absolute atomic E-state index is 9.33. The van der Waals surface area contributed by atoms with Crippen molar-refractivity contribution in [2.24, 2.45) is 0 Å². The molecule has 0 bridgehead atoms. The smallest absolute Gasteiger partial charge is 0.289 e. The van der Waals surface area contributed by atoms with E-state index in [0.717, 1.165) is 0 Å². The highest BCUT2D eigenvalue weighted by Crippen LogP contribution is 1.84. The molecule has 5 heavy (non-hydrogen) atoms. The van der Waals surface area contributed by atoms with Crippen LogP contribution in [-0.4, -0.2) is 9.23 Å². The maximum Gasteiger partial charge on any atom is 0.399 e. The molecule has 0 aromatic heterocycles. The first-order valence-corrected chi connectivity index (χ1v) is 1.86. The summed E-state index contributed by atoms with van der Waals surface area (Å²) in [5.41, 5.74) is 0. The van der Waals surface area contributed by atoms with Gasteiger partial charge in [0.15, 0.2) is 0 Å². The number of halogens is 1. The topological polar surface area (TPSA) is 46.5 Å². The third-order valence-corrected chi connectivity index (χ3v) is 0.269. The highest BCUT2D eigenvalue weighted by atomic mass is 127. The van der Waals surface area contributed by atoms with Crippen LogP contribution in [0, 0.1) is 0 Å². The zero-order valence-corrected chi connectivity index (χ0v) is 4.30. The molecular formula is CHIO3. The Bertz CT molecular complexity index is 42.2. The summed E-state index contributed by atoms with van der Waals surface area (Å²) in [4.78, 5) is 12.4. The third kappa shape index (κ3) is 4.16. The fraction of sp³-hybridized carbons (Fsp3) is 0. The van der Waals surface area contributed by atoms with Crippen LogP contribution < -0.4 is 0 Å². The van der Waals surface area contributed by atoms with Gasteiger partial charge in [0.1, 0.15) is 0 Å². The van der Waals surface area contributed by atoms with E-state index in [0.29, 0.717) is 0 Å². The van der Waals surface area contributed by atoms with E-state index in [1.54, 1.807) is 0 Å². The first-order valence-electron chi connectivity index (χ1n) is 0.780. The second-order valence-corrected chi connectivity index (χ2v) is 1.21. The first kappa shape index (κ1) is 5.16. The number of carbonyl (C=O) groups is 1. The lowest BCUT2D eigenvalue weighted by molar-refractivity contribution is -0.165. The van der Waals surface area contributed by atoms with Crippen molar-refractivity contribution in [1.29, 1.82) is 0 Å². The van der Waals surface area contributed by atoms with Crippen molar-refractivity contribution in [3.05, 3.63) is 0 Å². The van der Waals surface area contributed by atoms with Gasteiger partial charge in [-0.3, -0.25) is 4.89 Å². The molecule has 30 valence electrons. The Balaban J connectivity index is 2.85. The molecule has 0 unspecified atom stereocenters. The molecule has 0 spiro atoms. The van der Waals surface area contributed by atoms with Crippen LogP contribution in [0.4, 0.5) is 4.79 Å². The van der Waals surface area contributed by atoms with E-state index in [1.165, 1.54) is 22.6 Å². The summed E-state index contributed by atoms with van der Waals surface area (Å²) in [5, 5.41) is 7.29. The first-order chi connectivity index (χ1) is 2.27. The average Bonchev–Trinajstić information content (AvgIpc) is 1.38. The molecule has 4 heteroatoms. The van der Waals surface area contributed by atoms with Gasteiger partial charge in [-0.25, -0.2) is 4.79 Å². The van der Waals surface area contributed by atoms with Crippen LogP contribution in [0.5, 0.6) is 0 Å². The summed E-state index contributed by atoms with van der Waals surface area (Å²) >= 11 is 1.30. The van der Waals surface area contributed by atoms with Crippen molar-refractivity contribution in [2.45, 2.75) is 0 Å². The lowest BCUT2D eigenvalue weighted by Gasteiger charge is -1.74. The standard InChI is InChI=1S/CHIO3/c2-1(3)5-4/h4H. The minimum atomic E-state index is -0.720. The highest BCUT2D eigenvalue weighted by molar-refractivity contribution is 14.1. The highest BCUT2D eigenvalue weighted by Gasteiger charge is 1.83. The fourth-order valence-electron chi connectivity index (χ4n) is 0. The molecule has 3 nitrogen and oxygen atoms in total. The van der Waals surface area contributed by atoms with E-state index >= 15 is 0 Å². The van der Waals surface area contributed by atoms with Gasteiger partial charge < -0.3 is 0 Å². The SMILES string of the molecule is O=C(I)OO. The normalized spacial score (nSPS) is 6.80. The van der Waals surface area contributed by atoms with Crippen molar-refractivity contribution in [2.75, 3.05) is 0 Å². The van der Waals surface area contributed by atoms with Gasteiger partial charge in [-0.2, -0.15) is 5.26 Å². The molecule has 0 aliphatic rings. The van der Waals surface area contributed by atoms with Gasteiger partial charge in [0, 0.05) is 0 Å². The number of carbonyl (C=O) groups excluding carboxylic acids is 1. The monoisotopic (exact) mass is 188 g/mol. The van der Waals surface area contributed by atoms with E-state index < -0.39 is 3.98 Å². The minimum absolute atomic E-state index is 0.720. The van der Waals surface area contributed by atoms with E-state index in [-0.39, 0.29) is 0 Å². The number of rotatable bonds is 0. The molecular weight excluding hydrogens is 187 g/mol. The lowest BCUT2D eigenvalue weighted by atomic mass is 11.6. The van der Waals surface area contributed by atoms with Gasteiger partial charge >= 0.3 is 3.98 Å². The molecule has 0 aromatic carbocycles. The molecule has 0 heterocycles. The Labute approximate surface area is 42.0 Å². The van der Waals surface area contributed by atoms with Gasteiger partial charge in [0.2, 0.25) is 0 Å². The van der Waals surface area contributed by atoms with Crippen molar-refractivity contribution >= 4 is 26.6 Å². The molecule has 1 N–H and O–H groups in total. The van der Waals surface area contributed by atoms with Crippen LogP contribution >= 0.6 is 22.6 Å². The van der Waals surface area contributed by atoms with Gasteiger partial charge in [-0.1, -0.05) is 0 Å². The van der Waals surface area contributed by atoms with Crippen molar-refractivity contribution < 1.29 is 14.9 Å². The predicted octanol–water partition coefficient (Wildman–Crippen LogP) is 1.03. The molecule has 0 amide bonds. The van der Waals surface area contributed by atoms with E-state index in [4.69, 9.17) is 5.26 Å². The van der Waals surface area contributed by atoms with Crippen molar-refractivity contribution in [3.63, 3.8) is 0 Å². The second-order valence-electron chi connectivity index (χ2n) is 0.329. The molecule has 0 aromatic rings. The summed E-state index contributed by atoms with van der Waals surface area (Å²) in [6, 6.07) is 0. The van der Waals surface area contributed by atoms with Crippen LogP contribution in [0.15, 0.2) is 0 Å². The van der Waals surface area contributed by atoms with Crippen LogP contribution in [0.1, 0.15) is 0 Å². The van der Waals surface area contributed by atoms with E-state index in [1.807, 2.05) is 0 Å². The molecule has 0 rings (SSSR count). The van der Waals surface area contributed by atoms with Crippen molar-refractivity contribution in [1.82, 2.24) is 0 Å². The molecule has 0 radical (unpaired) electrons. The van der Waals surface area contributed by atoms with Crippen molar-refractivity contribution in [3.8, 4) is 0 Å². The fourth-order valence-corrected chi connectivity index (χ4v) is 0. The van der Waals surface area contributed by atoms with E-state index in [2.05, 4.69) is 4.89 Å².